The minimum atomic E-state index is -0.0878. The van der Waals surface area contributed by atoms with E-state index in [2.05, 4.69) is 43.2 Å². The third-order valence-electron chi connectivity index (χ3n) is 4.74. The first kappa shape index (κ1) is 13.4. The molecule has 1 amide bonds. The van der Waals surface area contributed by atoms with Gasteiger partial charge in [-0.1, -0.05) is 18.2 Å². The van der Waals surface area contributed by atoms with Crippen LogP contribution >= 0.6 is 0 Å². The number of nitrogens with one attached hydrogen (secondary N) is 1. The Morgan fingerprint density at radius 1 is 1.20 bits per heavy atom. The topological polar surface area (TPSA) is 35.6 Å². The Balaban J connectivity index is 1.69. The molecule has 1 N–H and O–H groups in total. The Labute approximate surface area is 120 Å². The van der Waals surface area contributed by atoms with E-state index in [-0.39, 0.29) is 11.9 Å². The molecule has 2 aliphatic heterocycles. The first-order chi connectivity index (χ1) is 9.56. The number of piperazine rings is 1. The summed E-state index contributed by atoms with van der Waals surface area (Å²) in [5.41, 5.74) is 2.36. The summed E-state index contributed by atoms with van der Waals surface area (Å²) in [7, 11) is 2.14. The van der Waals surface area contributed by atoms with Crippen molar-refractivity contribution in [3.63, 3.8) is 0 Å². The Hall–Kier alpha value is -1.55. The van der Waals surface area contributed by atoms with E-state index in [1.54, 1.807) is 0 Å². The predicted molar refractivity (Wildman–Crippen MR) is 80.8 cm³/mol. The second kappa shape index (κ2) is 5.09. The van der Waals surface area contributed by atoms with Crippen LogP contribution in [0, 0.1) is 0 Å². The maximum atomic E-state index is 12.7. The number of fused-ring (bicyclic) bond motifs is 1. The minimum absolute atomic E-state index is 0.0878. The average molecular weight is 273 g/mol. The Morgan fingerprint density at radius 2 is 1.85 bits per heavy atom. The highest BCUT2D eigenvalue weighted by molar-refractivity contribution is 5.87. The molecule has 3 atom stereocenters. The Morgan fingerprint density at radius 3 is 2.50 bits per heavy atom. The van der Waals surface area contributed by atoms with Crippen LogP contribution in [0.25, 0.3) is 0 Å². The third kappa shape index (κ3) is 2.29. The summed E-state index contributed by atoms with van der Waals surface area (Å²) in [6.07, 6.45) is 0.810. The lowest BCUT2D eigenvalue weighted by Crippen LogP contribution is -2.58. The van der Waals surface area contributed by atoms with Gasteiger partial charge in [0.05, 0.1) is 0 Å². The molecular formula is C16H23N3O. The van der Waals surface area contributed by atoms with Crippen LogP contribution in [-0.4, -0.2) is 54.0 Å². The van der Waals surface area contributed by atoms with Crippen molar-refractivity contribution in [3.05, 3.63) is 29.8 Å². The zero-order valence-electron chi connectivity index (χ0n) is 12.5. The standard InChI is InChI=1S/C16H23N3O/c1-11-9-19(10-12(2)18(11)3)16(20)15-8-13-6-4-5-7-14(13)17-15/h4-7,11-12,15,17H,8-10H2,1-3H3/t11?,12?,15-/m0/s1. The summed E-state index contributed by atoms with van der Waals surface area (Å²) in [5, 5.41) is 3.37. The van der Waals surface area contributed by atoms with Crippen molar-refractivity contribution < 1.29 is 4.79 Å². The lowest BCUT2D eigenvalue weighted by atomic mass is 10.1. The van der Waals surface area contributed by atoms with Gasteiger partial charge in [0.1, 0.15) is 6.04 Å². The number of anilines is 1. The van der Waals surface area contributed by atoms with Gasteiger partial charge in [-0.3, -0.25) is 9.69 Å². The van der Waals surface area contributed by atoms with Gasteiger partial charge >= 0.3 is 0 Å². The summed E-state index contributed by atoms with van der Waals surface area (Å²) in [4.78, 5) is 17.1. The largest absolute Gasteiger partial charge is 0.373 e. The maximum absolute atomic E-state index is 12.7. The van der Waals surface area contributed by atoms with Gasteiger partial charge in [-0.15, -0.1) is 0 Å². The molecule has 2 unspecified atom stereocenters. The number of nitrogens with zero attached hydrogens (tertiary/aromatic N) is 2. The number of rotatable bonds is 1. The number of hydrogen-bond acceptors (Lipinski definition) is 3. The molecule has 0 aromatic heterocycles. The summed E-state index contributed by atoms with van der Waals surface area (Å²) < 4.78 is 0. The van der Waals surface area contributed by atoms with Gasteiger partial charge in [-0.25, -0.2) is 0 Å². The molecule has 0 radical (unpaired) electrons. The predicted octanol–water partition coefficient (Wildman–Crippen LogP) is 1.57. The molecule has 0 saturated carbocycles. The lowest BCUT2D eigenvalue weighted by Gasteiger charge is -2.43. The van der Waals surface area contributed by atoms with E-state index in [0.29, 0.717) is 12.1 Å². The van der Waals surface area contributed by atoms with Gasteiger partial charge in [0.15, 0.2) is 0 Å². The van der Waals surface area contributed by atoms with Gasteiger partial charge in [0, 0.05) is 37.3 Å². The number of carbonyl (C=O) groups is 1. The highest BCUT2D eigenvalue weighted by atomic mass is 16.2. The lowest BCUT2D eigenvalue weighted by molar-refractivity contribution is -0.135. The van der Waals surface area contributed by atoms with Crippen LogP contribution in [0.1, 0.15) is 19.4 Å². The van der Waals surface area contributed by atoms with Crippen molar-refractivity contribution in [2.45, 2.75) is 38.4 Å². The molecule has 1 fully saturated rings. The number of likely N-dealkylation sites (N-methyl/N-ethyl adjacent to an activating group) is 1. The van der Waals surface area contributed by atoms with Crippen LogP contribution in [0.4, 0.5) is 5.69 Å². The van der Waals surface area contributed by atoms with E-state index < -0.39 is 0 Å². The SMILES string of the molecule is CC1CN(C(=O)[C@@H]2Cc3ccccc3N2)CC(C)N1C. The molecular weight excluding hydrogens is 250 g/mol. The zero-order valence-corrected chi connectivity index (χ0v) is 12.5. The van der Waals surface area contributed by atoms with Crippen molar-refractivity contribution in [1.29, 1.82) is 0 Å². The van der Waals surface area contributed by atoms with Crippen molar-refractivity contribution in [2.24, 2.45) is 0 Å². The second-order valence-electron chi connectivity index (χ2n) is 6.16. The van der Waals surface area contributed by atoms with E-state index in [4.69, 9.17) is 0 Å². The van der Waals surface area contributed by atoms with E-state index in [1.165, 1.54) is 5.56 Å². The Bertz CT molecular complexity index is 479. The summed E-state index contributed by atoms with van der Waals surface area (Å²) in [6.45, 7) is 6.03. The van der Waals surface area contributed by atoms with Crippen LogP contribution in [0.2, 0.25) is 0 Å². The van der Waals surface area contributed by atoms with Crippen molar-refractivity contribution in [3.8, 4) is 0 Å². The summed E-state index contributed by atoms with van der Waals surface area (Å²) in [5.74, 6) is 0.244. The first-order valence-electron chi connectivity index (χ1n) is 7.41. The van der Waals surface area contributed by atoms with Crippen molar-refractivity contribution >= 4 is 11.6 Å². The maximum Gasteiger partial charge on any atom is 0.245 e. The quantitative estimate of drug-likeness (QED) is 0.844. The molecule has 3 rings (SSSR count). The van der Waals surface area contributed by atoms with Gasteiger partial charge < -0.3 is 10.2 Å². The summed E-state index contributed by atoms with van der Waals surface area (Å²) >= 11 is 0. The van der Waals surface area contributed by atoms with Crippen LogP contribution in [0.15, 0.2) is 24.3 Å². The molecule has 4 heteroatoms. The average Bonchev–Trinajstić information content (AvgIpc) is 2.87. The molecule has 0 spiro atoms. The number of para-hydroxylation sites is 1. The van der Waals surface area contributed by atoms with E-state index in [1.807, 2.05) is 17.0 Å². The number of benzene rings is 1. The van der Waals surface area contributed by atoms with E-state index in [9.17, 15) is 4.79 Å². The molecule has 1 saturated heterocycles. The number of carbonyl (C=O) groups excluding carboxylic acids is 1. The molecule has 2 aliphatic rings. The summed E-state index contributed by atoms with van der Waals surface area (Å²) in [6, 6.07) is 8.96. The first-order valence-corrected chi connectivity index (χ1v) is 7.41. The molecule has 1 aromatic carbocycles. The van der Waals surface area contributed by atoms with Crippen LogP contribution in [0.3, 0.4) is 0 Å². The van der Waals surface area contributed by atoms with Crippen LogP contribution in [0.5, 0.6) is 0 Å². The van der Waals surface area contributed by atoms with Crippen molar-refractivity contribution in [2.75, 3.05) is 25.5 Å². The highest BCUT2D eigenvalue weighted by Gasteiger charge is 2.35. The molecule has 108 valence electrons. The smallest absolute Gasteiger partial charge is 0.245 e. The molecule has 20 heavy (non-hydrogen) atoms. The van der Waals surface area contributed by atoms with Gasteiger partial charge in [-0.2, -0.15) is 0 Å². The third-order valence-corrected chi connectivity index (χ3v) is 4.74. The normalized spacial score (nSPS) is 29.9. The highest BCUT2D eigenvalue weighted by Crippen LogP contribution is 2.26. The fourth-order valence-electron chi connectivity index (χ4n) is 3.25. The molecule has 1 aromatic rings. The van der Waals surface area contributed by atoms with E-state index >= 15 is 0 Å². The second-order valence-corrected chi connectivity index (χ2v) is 6.16. The fourth-order valence-corrected chi connectivity index (χ4v) is 3.25. The molecule has 0 aliphatic carbocycles. The van der Waals surface area contributed by atoms with Crippen molar-refractivity contribution in [1.82, 2.24) is 9.80 Å². The van der Waals surface area contributed by atoms with Crippen LogP contribution < -0.4 is 5.32 Å². The Kier molecular flexibility index (Phi) is 3.42. The van der Waals surface area contributed by atoms with Crippen LogP contribution in [-0.2, 0) is 11.2 Å². The zero-order chi connectivity index (χ0) is 14.3. The van der Waals surface area contributed by atoms with Gasteiger partial charge in [0.2, 0.25) is 5.91 Å². The monoisotopic (exact) mass is 273 g/mol. The molecule has 4 nitrogen and oxygen atoms in total. The molecule has 2 heterocycles. The minimum Gasteiger partial charge on any atom is -0.373 e. The fraction of sp³-hybridized carbons (Fsp3) is 0.562. The molecule has 0 bridgehead atoms. The number of amides is 1. The number of hydrogen-bond donors (Lipinski definition) is 1. The van der Waals surface area contributed by atoms with Gasteiger partial charge in [-0.05, 0) is 32.5 Å². The van der Waals surface area contributed by atoms with Gasteiger partial charge in [0.25, 0.3) is 0 Å². The van der Waals surface area contributed by atoms with E-state index in [0.717, 1.165) is 25.2 Å².